The summed E-state index contributed by atoms with van der Waals surface area (Å²) in [5.74, 6) is 2.64. The first-order chi connectivity index (χ1) is 11.7. The predicted molar refractivity (Wildman–Crippen MR) is 86.9 cm³/mol. The molecule has 0 aromatic heterocycles. The van der Waals surface area contributed by atoms with Crippen molar-refractivity contribution in [3.63, 3.8) is 0 Å². The molecule has 0 saturated heterocycles. The average Bonchev–Trinajstić information content (AvgIpc) is 3.06. The zero-order chi connectivity index (χ0) is 16.7. The summed E-state index contributed by atoms with van der Waals surface area (Å²) < 4.78 is 21.8. The van der Waals surface area contributed by atoms with Gasteiger partial charge in [0.1, 0.15) is 11.5 Å². The van der Waals surface area contributed by atoms with Gasteiger partial charge in [0.25, 0.3) is 0 Å². The summed E-state index contributed by atoms with van der Waals surface area (Å²) in [5, 5.41) is 13.6. The highest BCUT2D eigenvalue weighted by Gasteiger charge is 2.39. The van der Waals surface area contributed by atoms with Crippen molar-refractivity contribution in [1.29, 1.82) is 0 Å². The molecule has 6 nitrogen and oxygen atoms in total. The molecule has 0 aliphatic carbocycles. The molecule has 3 atom stereocenters. The first kappa shape index (κ1) is 15.1. The van der Waals surface area contributed by atoms with Crippen LogP contribution in [-0.2, 0) is 0 Å². The molecule has 6 heteroatoms. The van der Waals surface area contributed by atoms with Crippen LogP contribution in [-0.4, -0.2) is 38.4 Å². The summed E-state index contributed by atoms with van der Waals surface area (Å²) in [7, 11) is 3.45. The summed E-state index contributed by atoms with van der Waals surface area (Å²) in [6.45, 7) is 0.198. The third-order valence-electron chi connectivity index (χ3n) is 4.56. The zero-order valence-corrected chi connectivity index (χ0v) is 13.5. The number of likely N-dealkylation sites (N-methyl/N-ethyl adjacent to an activating group) is 1. The van der Waals surface area contributed by atoms with Gasteiger partial charge in [0.15, 0.2) is 11.5 Å². The molecule has 126 valence electrons. The van der Waals surface area contributed by atoms with Crippen molar-refractivity contribution in [1.82, 2.24) is 5.32 Å². The first-order valence-corrected chi connectivity index (χ1v) is 7.80. The highest BCUT2D eigenvalue weighted by molar-refractivity contribution is 5.56. The molecule has 0 spiro atoms. The molecule has 2 aliphatic heterocycles. The van der Waals surface area contributed by atoms with Gasteiger partial charge in [0, 0.05) is 17.5 Å². The topological polar surface area (TPSA) is 69.2 Å². The number of hydrogen-bond acceptors (Lipinski definition) is 6. The van der Waals surface area contributed by atoms with Gasteiger partial charge in [-0.05, 0) is 30.8 Å². The van der Waals surface area contributed by atoms with E-state index in [2.05, 4.69) is 5.32 Å². The van der Waals surface area contributed by atoms with Crippen molar-refractivity contribution in [2.45, 2.75) is 18.2 Å². The van der Waals surface area contributed by atoms with Gasteiger partial charge in [-0.1, -0.05) is 12.1 Å². The van der Waals surface area contributed by atoms with Crippen LogP contribution in [0.15, 0.2) is 36.4 Å². The number of benzene rings is 2. The fourth-order valence-corrected chi connectivity index (χ4v) is 3.35. The third kappa shape index (κ3) is 2.35. The van der Waals surface area contributed by atoms with Gasteiger partial charge in [-0.2, -0.15) is 0 Å². The Morgan fingerprint density at radius 3 is 2.46 bits per heavy atom. The minimum Gasteiger partial charge on any atom is -0.497 e. The van der Waals surface area contributed by atoms with Gasteiger partial charge >= 0.3 is 0 Å². The number of aliphatic hydroxyl groups is 1. The summed E-state index contributed by atoms with van der Waals surface area (Å²) in [5.41, 5.74) is 2.01. The molecule has 2 aromatic rings. The Morgan fingerprint density at radius 2 is 1.79 bits per heavy atom. The number of nitrogens with one attached hydrogen (secondary N) is 1. The highest BCUT2D eigenvalue weighted by atomic mass is 16.7. The number of aliphatic hydroxyl groups excluding tert-OH is 1. The highest BCUT2D eigenvalue weighted by Crippen LogP contribution is 2.46. The van der Waals surface area contributed by atoms with E-state index < -0.39 is 6.29 Å². The van der Waals surface area contributed by atoms with E-state index in [-0.39, 0.29) is 18.8 Å². The molecule has 0 fully saturated rings. The Bertz CT molecular complexity index is 746. The Morgan fingerprint density at radius 1 is 1.08 bits per heavy atom. The Hall–Kier alpha value is -2.44. The molecule has 0 radical (unpaired) electrons. The summed E-state index contributed by atoms with van der Waals surface area (Å²) in [6, 6.07) is 11.3. The maximum absolute atomic E-state index is 10.4. The van der Waals surface area contributed by atoms with E-state index in [1.807, 2.05) is 37.4 Å². The van der Waals surface area contributed by atoms with E-state index in [9.17, 15) is 5.11 Å². The molecule has 0 bridgehead atoms. The minimum absolute atomic E-state index is 0.0887. The van der Waals surface area contributed by atoms with Crippen LogP contribution < -0.4 is 24.3 Å². The quantitative estimate of drug-likeness (QED) is 0.896. The second kappa shape index (κ2) is 5.89. The smallest absolute Gasteiger partial charge is 0.231 e. The summed E-state index contributed by atoms with van der Waals surface area (Å²) >= 11 is 0. The van der Waals surface area contributed by atoms with Crippen LogP contribution in [0, 0.1) is 0 Å². The van der Waals surface area contributed by atoms with Crippen molar-refractivity contribution >= 4 is 0 Å². The number of ether oxygens (including phenoxy) is 4. The maximum atomic E-state index is 10.4. The SMILES string of the molecule is CNC1C(O)Oc2cc3c(cc2C1c1ccc(OC)cc1)OCO3. The zero-order valence-electron chi connectivity index (χ0n) is 13.5. The van der Waals surface area contributed by atoms with Crippen molar-refractivity contribution in [2.24, 2.45) is 0 Å². The lowest BCUT2D eigenvalue weighted by atomic mass is 9.82. The van der Waals surface area contributed by atoms with Crippen LogP contribution in [0.1, 0.15) is 17.0 Å². The molecule has 2 N–H and O–H groups in total. The lowest BCUT2D eigenvalue weighted by Gasteiger charge is -2.37. The molecule has 2 aliphatic rings. The van der Waals surface area contributed by atoms with Gasteiger partial charge in [-0.25, -0.2) is 0 Å². The molecule has 0 saturated carbocycles. The lowest BCUT2D eigenvalue weighted by Crippen LogP contribution is -2.48. The number of methoxy groups -OCH3 is 1. The predicted octanol–water partition coefficient (Wildman–Crippen LogP) is 1.85. The number of rotatable bonds is 3. The third-order valence-corrected chi connectivity index (χ3v) is 4.56. The minimum atomic E-state index is -0.963. The van der Waals surface area contributed by atoms with Gasteiger partial charge in [-0.15, -0.1) is 0 Å². The summed E-state index contributed by atoms with van der Waals surface area (Å²) in [6.07, 6.45) is -0.963. The fraction of sp³-hybridized carbons (Fsp3) is 0.333. The second-order valence-electron chi connectivity index (χ2n) is 5.82. The van der Waals surface area contributed by atoms with Crippen LogP contribution in [0.25, 0.3) is 0 Å². The van der Waals surface area contributed by atoms with Crippen molar-refractivity contribution in [3.05, 3.63) is 47.5 Å². The van der Waals surface area contributed by atoms with Crippen molar-refractivity contribution in [3.8, 4) is 23.0 Å². The molecule has 0 amide bonds. The first-order valence-electron chi connectivity index (χ1n) is 7.80. The van der Waals surface area contributed by atoms with E-state index in [0.717, 1.165) is 16.9 Å². The maximum Gasteiger partial charge on any atom is 0.231 e. The Labute approximate surface area is 139 Å². The Kier molecular flexibility index (Phi) is 3.70. The molecule has 4 rings (SSSR count). The van der Waals surface area contributed by atoms with Gasteiger partial charge in [0.2, 0.25) is 13.1 Å². The summed E-state index contributed by atoms with van der Waals surface area (Å²) in [4.78, 5) is 0. The monoisotopic (exact) mass is 329 g/mol. The van der Waals surface area contributed by atoms with Gasteiger partial charge < -0.3 is 29.4 Å². The fourth-order valence-electron chi connectivity index (χ4n) is 3.35. The van der Waals surface area contributed by atoms with E-state index in [1.54, 1.807) is 13.2 Å². The molecule has 2 heterocycles. The molecular weight excluding hydrogens is 310 g/mol. The number of fused-ring (bicyclic) bond motifs is 2. The molecular formula is C18H19NO5. The molecule has 24 heavy (non-hydrogen) atoms. The van der Waals surface area contributed by atoms with Gasteiger partial charge in [0.05, 0.1) is 13.2 Å². The van der Waals surface area contributed by atoms with E-state index in [1.165, 1.54) is 0 Å². The van der Waals surface area contributed by atoms with E-state index in [0.29, 0.717) is 17.2 Å². The molecule has 2 aromatic carbocycles. The van der Waals surface area contributed by atoms with E-state index >= 15 is 0 Å². The van der Waals surface area contributed by atoms with Crippen LogP contribution >= 0.6 is 0 Å². The largest absolute Gasteiger partial charge is 0.497 e. The van der Waals surface area contributed by atoms with Crippen molar-refractivity contribution < 1.29 is 24.1 Å². The van der Waals surface area contributed by atoms with Crippen LogP contribution in [0.2, 0.25) is 0 Å². The van der Waals surface area contributed by atoms with Crippen LogP contribution in [0.4, 0.5) is 0 Å². The van der Waals surface area contributed by atoms with Crippen LogP contribution in [0.3, 0.4) is 0 Å². The second-order valence-corrected chi connectivity index (χ2v) is 5.82. The lowest BCUT2D eigenvalue weighted by molar-refractivity contribution is -0.0586. The molecule has 3 unspecified atom stereocenters. The van der Waals surface area contributed by atoms with Crippen LogP contribution in [0.5, 0.6) is 23.0 Å². The van der Waals surface area contributed by atoms with Gasteiger partial charge in [-0.3, -0.25) is 0 Å². The average molecular weight is 329 g/mol. The standard InChI is InChI=1S/C18H19NO5/c1-19-17-16(10-3-5-11(21-2)6-4-10)12-7-14-15(23-9-22-14)8-13(12)24-18(17)20/h3-8,16-20H,9H2,1-2H3. The van der Waals surface area contributed by atoms with Crippen molar-refractivity contribution in [2.75, 3.05) is 21.0 Å². The normalized spacial score (nSPS) is 24.2. The van der Waals surface area contributed by atoms with E-state index in [4.69, 9.17) is 18.9 Å². The Balaban J connectivity index is 1.83. The number of hydrogen-bond donors (Lipinski definition) is 2.